The van der Waals surface area contributed by atoms with Crippen LogP contribution in [0.3, 0.4) is 0 Å². The van der Waals surface area contributed by atoms with E-state index in [9.17, 15) is 0 Å². The molecule has 2 aromatic heterocycles. The van der Waals surface area contributed by atoms with Crippen LogP contribution in [0.1, 0.15) is 26.3 Å². The summed E-state index contributed by atoms with van der Waals surface area (Å²) < 4.78 is 12.2. The number of nitrogens with zero attached hydrogens (tertiary/aromatic N) is 4. The van der Waals surface area contributed by atoms with Gasteiger partial charge in [0.15, 0.2) is 0 Å². The zero-order valence-electron chi connectivity index (χ0n) is 30.2. The third-order valence-electron chi connectivity index (χ3n) is 9.59. The van der Waals surface area contributed by atoms with Crippen LogP contribution in [0.5, 0.6) is 11.6 Å². The molecule has 8 rings (SSSR count). The zero-order chi connectivity index (χ0) is 36.5. The van der Waals surface area contributed by atoms with Gasteiger partial charge in [-0.05, 0) is 17.0 Å². The van der Waals surface area contributed by atoms with Crippen LogP contribution >= 0.6 is 0 Å². The van der Waals surface area contributed by atoms with Crippen LogP contribution in [0.2, 0.25) is 0 Å². The van der Waals surface area contributed by atoms with Crippen molar-refractivity contribution in [3.05, 3.63) is 179 Å². The van der Waals surface area contributed by atoms with Crippen molar-refractivity contribution in [3.8, 4) is 39.6 Å². The molecule has 0 bridgehead atoms. The Morgan fingerprint density at radius 3 is 1.85 bits per heavy atom. The van der Waals surface area contributed by atoms with Crippen LogP contribution in [0, 0.1) is 3.80 Å². The normalized spacial score (nSPS) is 11.5. The van der Waals surface area contributed by atoms with Gasteiger partial charge in [-0.3, -0.25) is 0 Å². The maximum absolute atomic E-state index is 6.52. The molecule has 0 saturated carbocycles. The van der Waals surface area contributed by atoms with Gasteiger partial charge in [0.05, 0.1) is 0 Å². The molecule has 0 atom stereocenters. The summed E-state index contributed by atoms with van der Waals surface area (Å²) in [6, 6.07) is 57.7. The Bertz CT molecular complexity index is 2560. The maximum atomic E-state index is 6.52. The second-order valence-electron chi connectivity index (χ2n) is 14.1. The van der Waals surface area contributed by atoms with E-state index in [1.54, 1.807) is 0 Å². The first-order chi connectivity index (χ1) is 25.8. The van der Waals surface area contributed by atoms with Crippen molar-refractivity contribution < 1.29 is 24.1 Å². The van der Waals surface area contributed by atoms with E-state index in [4.69, 9.17) is 4.74 Å². The summed E-state index contributed by atoms with van der Waals surface area (Å²) in [4.78, 5) is 6.96. The molecule has 8 aromatic rings. The van der Waals surface area contributed by atoms with Gasteiger partial charge in [-0.25, -0.2) is 0 Å². The molecular weight excluding hydrogens is 832 g/mol. The molecule has 53 heavy (non-hydrogen) atoms. The molecule has 0 saturated heterocycles. The average Bonchev–Trinajstić information content (AvgIpc) is 3.44. The molecule has 6 aromatic carbocycles. The Balaban J connectivity index is 1.37. The van der Waals surface area contributed by atoms with Gasteiger partial charge in [-0.2, -0.15) is 0 Å². The Morgan fingerprint density at radius 1 is 0.604 bits per heavy atom. The van der Waals surface area contributed by atoms with E-state index in [2.05, 4.69) is 218 Å². The van der Waals surface area contributed by atoms with Gasteiger partial charge < -0.3 is 0 Å². The van der Waals surface area contributed by atoms with E-state index >= 15 is 0 Å². The van der Waals surface area contributed by atoms with Gasteiger partial charge in [0.2, 0.25) is 0 Å². The van der Waals surface area contributed by atoms with Crippen LogP contribution in [-0.2, 0) is 31.8 Å². The molecule has 0 fully saturated rings. The molecule has 0 unspecified atom stereocenters. The molecule has 264 valence electrons. The number of imidazole rings is 1. The predicted octanol–water partition coefficient (Wildman–Crippen LogP) is 12.3. The van der Waals surface area contributed by atoms with Crippen molar-refractivity contribution in [3.63, 3.8) is 0 Å². The topological polar surface area (TPSA) is 35.2 Å². The number of aryl methyl sites for hydroxylation is 1. The molecular formula is C47H40N4OPt. The first-order valence-corrected chi connectivity index (χ1v) is 18.9. The number of hydrogen-bond donors (Lipinski definition) is 0. The molecule has 6 heteroatoms. The van der Waals surface area contributed by atoms with Gasteiger partial charge >= 0.3 is 279 Å². The van der Waals surface area contributed by atoms with E-state index in [-0.39, 0.29) is 5.41 Å². The molecule has 0 aliphatic rings. The molecule has 2 heterocycles. The summed E-state index contributed by atoms with van der Waals surface area (Å²) >= 11 is 2.43. The Morgan fingerprint density at radius 2 is 1.19 bits per heavy atom. The fraction of sp³-hybridized carbons (Fsp3) is 0.106. The van der Waals surface area contributed by atoms with Crippen molar-refractivity contribution >= 4 is 28.1 Å². The standard InChI is InChI=1S/C47H40N4O.Pt/c1-47(2,3)36-28-29-48-45(30-36)52-40-23-14-22-39(32-40)51(38-21-13-20-37(31-38)50-33-49(4)43-26-11-12-27-44(43)50)46-41(34-16-7-5-8-17-34)24-15-25-42(46)35-18-9-6-10-19-35;/h5-32H,1-4H3;. The number of fused-ring (bicyclic) bond motifs is 1. The third-order valence-corrected chi connectivity index (χ3v) is 10.9. The number of ether oxygens (including phenoxy) is 1. The third kappa shape index (κ3) is 6.81. The van der Waals surface area contributed by atoms with Crippen molar-refractivity contribution in [2.24, 2.45) is 7.05 Å². The minimum atomic E-state index is -0.0281. The van der Waals surface area contributed by atoms with Crippen LogP contribution in [0.4, 0.5) is 17.1 Å². The number of para-hydroxylation sites is 3. The number of aromatic nitrogens is 3. The van der Waals surface area contributed by atoms with Gasteiger partial charge in [0, 0.05) is 6.20 Å². The van der Waals surface area contributed by atoms with Crippen molar-refractivity contribution in [1.82, 2.24) is 14.1 Å². The van der Waals surface area contributed by atoms with E-state index in [0.29, 0.717) is 11.6 Å². The number of rotatable bonds is 8. The molecule has 0 spiro atoms. The first-order valence-electron chi connectivity index (χ1n) is 17.8. The summed E-state index contributed by atoms with van der Waals surface area (Å²) in [5.41, 5.74) is 12.1. The van der Waals surface area contributed by atoms with E-state index in [0.717, 1.165) is 54.3 Å². The second-order valence-corrected chi connectivity index (χ2v) is 15.2. The summed E-state index contributed by atoms with van der Waals surface area (Å²) in [5, 5.41) is 0. The van der Waals surface area contributed by atoms with Crippen LogP contribution in [0.15, 0.2) is 170 Å². The van der Waals surface area contributed by atoms with Crippen molar-refractivity contribution in [1.29, 1.82) is 0 Å². The van der Waals surface area contributed by atoms with Crippen LogP contribution < -0.4 is 9.64 Å². The Labute approximate surface area is 321 Å². The Hall–Kier alpha value is -5.77. The molecule has 0 aliphatic carbocycles. The number of anilines is 3. The van der Waals surface area contributed by atoms with Crippen molar-refractivity contribution in [2.45, 2.75) is 26.2 Å². The van der Waals surface area contributed by atoms with Gasteiger partial charge in [0.25, 0.3) is 0 Å². The summed E-state index contributed by atoms with van der Waals surface area (Å²) in [6.45, 7) is 6.60. The monoisotopic (exact) mass is 871 g/mol. The number of hydrogen-bond acceptors (Lipinski definition) is 3. The van der Waals surface area contributed by atoms with Gasteiger partial charge in [-0.1, -0.05) is 20.8 Å². The van der Waals surface area contributed by atoms with E-state index in [1.165, 1.54) is 11.1 Å². The van der Waals surface area contributed by atoms with Gasteiger partial charge in [0.1, 0.15) is 0 Å². The first kappa shape index (κ1) is 34.3. The predicted molar refractivity (Wildman–Crippen MR) is 214 cm³/mol. The van der Waals surface area contributed by atoms with Gasteiger partial charge in [-0.15, -0.1) is 0 Å². The minimum absolute atomic E-state index is 0.0281. The summed E-state index contributed by atoms with van der Waals surface area (Å²) in [6.07, 6.45) is 1.83. The van der Waals surface area contributed by atoms with E-state index in [1.807, 2.05) is 18.3 Å². The molecule has 0 amide bonds. The fourth-order valence-electron chi connectivity index (χ4n) is 6.91. The number of pyridine rings is 1. The van der Waals surface area contributed by atoms with Crippen LogP contribution in [0.25, 0.3) is 39.0 Å². The summed E-state index contributed by atoms with van der Waals surface area (Å²) in [5.74, 6) is 1.28. The number of benzene rings is 6. The van der Waals surface area contributed by atoms with Crippen molar-refractivity contribution in [2.75, 3.05) is 4.90 Å². The quantitative estimate of drug-likeness (QED) is 0.153. The molecule has 0 radical (unpaired) electrons. The SMILES string of the molecule is Cn1[c](=[Pt])n(-c2cccc(N(c3cccc(Oc4cc(C(C)(C)C)ccn4)c3)c3c(-c4ccccc4)cccc3-c3ccccc3)c2)c2ccccc21. The van der Waals surface area contributed by atoms with Crippen LogP contribution in [-0.4, -0.2) is 14.1 Å². The Kier molecular flexibility index (Phi) is 9.28. The molecule has 5 nitrogen and oxygen atoms in total. The second kappa shape index (κ2) is 14.3. The average molecular weight is 872 g/mol. The fourth-order valence-corrected chi connectivity index (χ4v) is 7.75. The molecule has 0 aliphatic heterocycles. The van der Waals surface area contributed by atoms with E-state index < -0.39 is 0 Å². The zero-order valence-corrected chi connectivity index (χ0v) is 32.5. The molecule has 0 N–H and O–H groups in total. The summed E-state index contributed by atoms with van der Waals surface area (Å²) in [7, 11) is 2.12.